The van der Waals surface area contributed by atoms with Crippen LogP contribution in [-0.2, 0) is 0 Å². The summed E-state index contributed by atoms with van der Waals surface area (Å²) in [6.45, 7) is 1.76. The molecule has 0 atom stereocenters. The molecule has 1 N–H and O–H groups in total. The maximum Gasteiger partial charge on any atom is 0.278 e. The summed E-state index contributed by atoms with van der Waals surface area (Å²) in [5, 5.41) is 6.36. The van der Waals surface area contributed by atoms with Gasteiger partial charge < -0.3 is 14.6 Å². The summed E-state index contributed by atoms with van der Waals surface area (Å²) in [5.74, 6) is 0.280. The molecule has 5 nitrogen and oxygen atoms in total. The van der Waals surface area contributed by atoms with Crippen LogP contribution in [-0.4, -0.2) is 18.2 Å². The van der Waals surface area contributed by atoms with Crippen molar-refractivity contribution < 1.29 is 14.1 Å². The Labute approximate surface area is 98.4 Å². The number of carbonyl (C=O) groups excluding carboxylic acids is 1. The number of hydrogen-bond donors (Lipinski definition) is 1. The zero-order chi connectivity index (χ0) is 12.3. The molecule has 0 bridgehead atoms. The lowest BCUT2D eigenvalue weighted by molar-refractivity contribution is 0.101. The van der Waals surface area contributed by atoms with Crippen LogP contribution in [0.3, 0.4) is 0 Å². The van der Waals surface area contributed by atoms with E-state index >= 15 is 0 Å². The Morgan fingerprint density at radius 3 is 2.82 bits per heavy atom. The van der Waals surface area contributed by atoms with Crippen LogP contribution in [0.1, 0.15) is 16.1 Å². The summed E-state index contributed by atoms with van der Waals surface area (Å²) in [4.78, 5) is 11.9. The average molecular weight is 232 g/mol. The first kappa shape index (κ1) is 11.2. The quantitative estimate of drug-likeness (QED) is 0.881. The summed E-state index contributed by atoms with van der Waals surface area (Å²) in [6, 6.07) is 7.17. The molecule has 0 radical (unpaired) electrons. The highest BCUT2D eigenvalue weighted by molar-refractivity contribution is 6.04. The van der Waals surface area contributed by atoms with Crippen molar-refractivity contribution in [1.29, 1.82) is 0 Å². The smallest absolute Gasteiger partial charge is 0.278 e. The maximum absolute atomic E-state index is 11.9. The van der Waals surface area contributed by atoms with Crippen molar-refractivity contribution in [2.45, 2.75) is 6.92 Å². The van der Waals surface area contributed by atoms with Crippen LogP contribution in [0.4, 0.5) is 5.69 Å². The van der Waals surface area contributed by atoms with E-state index in [9.17, 15) is 4.79 Å². The second-order valence-electron chi connectivity index (χ2n) is 3.50. The number of nitrogens with zero attached hydrogens (tertiary/aromatic N) is 1. The highest BCUT2D eigenvalue weighted by Crippen LogP contribution is 2.23. The first-order chi connectivity index (χ1) is 8.22. The summed E-state index contributed by atoms with van der Waals surface area (Å²) in [5.41, 5.74) is 1.57. The minimum Gasteiger partial charge on any atom is -0.495 e. The molecule has 1 amide bonds. The van der Waals surface area contributed by atoms with Gasteiger partial charge in [-0.05, 0) is 19.1 Å². The Kier molecular flexibility index (Phi) is 3.09. The number of methoxy groups -OCH3 is 1. The number of anilines is 1. The van der Waals surface area contributed by atoms with Crippen LogP contribution in [0, 0.1) is 6.92 Å². The number of nitrogens with one attached hydrogen (secondary N) is 1. The van der Waals surface area contributed by atoms with Gasteiger partial charge in [-0.25, -0.2) is 0 Å². The maximum atomic E-state index is 11.9. The van der Waals surface area contributed by atoms with E-state index < -0.39 is 0 Å². The van der Waals surface area contributed by atoms with Crippen molar-refractivity contribution in [2.24, 2.45) is 0 Å². The SMILES string of the molecule is COc1ccccc1NC(=O)c1nocc1C. The number of aromatic nitrogens is 1. The monoisotopic (exact) mass is 232 g/mol. The molecule has 1 aromatic heterocycles. The highest BCUT2D eigenvalue weighted by Gasteiger charge is 2.14. The predicted octanol–water partition coefficient (Wildman–Crippen LogP) is 2.24. The third-order valence-electron chi connectivity index (χ3n) is 2.32. The summed E-state index contributed by atoms with van der Waals surface area (Å²) < 4.78 is 9.85. The van der Waals surface area contributed by atoms with E-state index in [1.165, 1.54) is 6.26 Å². The van der Waals surface area contributed by atoms with E-state index in [2.05, 4.69) is 10.5 Å². The fourth-order valence-electron chi connectivity index (χ4n) is 1.44. The number of amides is 1. The van der Waals surface area contributed by atoms with Gasteiger partial charge in [0, 0.05) is 5.56 Å². The number of para-hydroxylation sites is 2. The van der Waals surface area contributed by atoms with Crippen LogP contribution in [0.25, 0.3) is 0 Å². The standard InChI is InChI=1S/C12H12N2O3/c1-8-7-17-14-11(8)12(15)13-9-5-3-4-6-10(9)16-2/h3-7H,1-2H3,(H,13,15). The second-order valence-corrected chi connectivity index (χ2v) is 3.50. The van der Waals surface area contributed by atoms with Gasteiger partial charge in [0.2, 0.25) is 0 Å². The molecular weight excluding hydrogens is 220 g/mol. The van der Waals surface area contributed by atoms with Gasteiger partial charge >= 0.3 is 0 Å². The number of ether oxygens (including phenoxy) is 1. The van der Waals surface area contributed by atoms with Gasteiger partial charge in [0.15, 0.2) is 5.69 Å². The van der Waals surface area contributed by atoms with Gasteiger partial charge in [-0.15, -0.1) is 0 Å². The Balaban J connectivity index is 2.22. The van der Waals surface area contributed by atoms with E-state index in [0.717, 1.165) is 0 Å². The lowest BCUT2D eigenvalue weighted by Crippen LogP contribution is -2.14. The van der Waals surface area contributed by atoms with Crippen molar-refractivity contribution >= 4 is 11.6 Å². The van der Waals surface area contributed by atoms with Crippen LogP contribution >= 0.6 is 0 Å². The van der Waals surface area contributed by atoms with E-state index in [1.807, 2.05) is 12.1 Å². The molecular formula is C12H12N2O3. The molecule has 5 heteroatoms. The minimum atomic E-state index is -0.319. The molecule has 17 heavy (non-hydrogen) atoms. The van der Waals surface area contributed by atoms with E-state index in [4.69, 9.17) is 9.26 Å². The molecule has 0 saturated heterocycles. The third-order valence-corrected chi connectivity index (χ3v) is 2.32. The third kappa shape index (κ3) is 2.28. The van der Waals surface area contributed by atoms with Crippen molar-refractivity contribution in [3.05, 3.63) is 41.8 Å². The van der Waals surface area contributed by atoms with Crippen molar-refractivity contribution in [1.82, 2.24) is 5.16 Å². The van der Waals surface area contributed by atoms with Crippen molar-refractivity contribution in [3.8, 4) is 5.75 Å². The van der Waals surface area contributed by atoms with Crippen LogP contribution in [0.2, 0.25) is 0 Å². The molecule has 88 valence electrons. The molecule has 2 rings (SSSR count). The molecule has 0 saturated carbocycles. The van der Waals surface area contributed by atoms with Gasteiger partial charge in [-0.3, -0.25) is 4.79 Å². The largest absolute Gasteiger partial charge is 0.495 e. The molecule has 1 aromatic carbocycles. The van der Waals surface area contributed by atoms with Gasteiger partial charge in [0.05, 0.1) is 12.8 Å². The fourth-order valence-corrected chi connectivity index (χ4v) is 1.44. The molecule has 0 aliphatic heterocycles. The number of carbonyl (C=O) groups is 1. The Morgan fingerprint density at radius 2 is 2.18 bits per heavy atom. The van der Waals surface area contributed by atoms with Gasteiger partial charge in [-0.1, -0.05) is 17.3 Å². The zero-order valence-corrected chi connectivity index (χ0v) is 9.56. The van der Waals surface area contributed by atoms with Crippen LogP contribution in [0.15, 0.2) is 35.1 Å². The topological polar surface area (TPSA) is 64.4 Å². The van der Waals surface area contributed by atoms with Crippen molar-refractivity contribution in [3.63, 3.8) is 0 Å². The Hall–Kier alpha value is -2.30. The summed E-state index contributed by atoms with van der Waals surface area (Å²) in [6.07, 6.45) is 1.43. The average Bonchev–Trinajstić information content (AvgIpc) is 2.76. The van der Waals surface area contributed by atoms with Gasteiger partial charge in [0.1, 0.15) is 12.0 Å². The predicted molar refractivity (Wildman–Crippen MR) is 62.2 cm³/mol. The van der Waals surface area contributed by atoms with E-state index in [1.54, 1.807) is 26.2 Å². The lowest BCUT2D eigenvalue weighted by atomic mass is 10.2. The van der Waals surface area contributed by atoms with Gasteiger partial charge in [0.25, 0.3) is 5.91 Å². The second kappa shape index (κ2) is 4.69. The van der Waals surface area contributed by atoms with E-state index in [0.29, 0.717) is 17.0 Å². The number of rotatable bonds is 3. The van der Waals surface area contributed by atoms with Crippen LogP contribution in [0.5, 0.6) is 5.75 Å². The van der Waals surface area contributed by atoms with Crippen LogP contribution < -0.4 is 10.1 Å². The zero-order valence-electron chi connectivity index (χ0n) is 9.56. The van der Waals surface area contributed by atoms with E-state index in [-0.39, 0.29) is 11.6 Å². The fraction of sp³-hybridized carbons (Fsp3) is 0.167. The molecule has 2 aromatic rings. The van der Waals surface area contributed by atoms with Gasteiger partial charge in [-0.2, -0.15) is 0 Å². The van der Waals surface area contributed by atoms with Crippen molar-refractivity contribution in [2.75, 3.05) is 12.4 Å². The minimum absolute atomic E-state index is 0.274. The Morgan fingerprint density at radius 1 is 1.41 bits per heavy atom. The number of benzene rings is 1. The molecule has 1 heterocycles. The summed E-state index contributed by atoms with van der Waals surface area (Å²) in [7, 11) is 1.55. The molecule has 0 fully saturated rings. The molecule has 0 aliphatic rings. The Bertz CT molecular complexity index is 534. The first-order valence-corrected chi connectivity index (χ1v) is 5.07. The first-order valence-electron chi connectivity index (χ1n) is 5.07. The number of aryl methyl sites for hydroxylation is 1. The molecule has 0 spiro atoms. The normalized spacial score (nSPS) is 10.0. The lowest BCUT2D eigenvalue weighted by Gasteiger charge is -2.08. The summed E-state index contributed by atoms with van der Waals surface area (Å²) >= 11 is 0. The molecule has 0 aliphatic carbocycles. The highest BCUT2D eigenvalue weighted by atomic mass is 16.5. The number of hydrogen-bond acceptors (Lipinski definition) is 4. The molecule has 0 unspecified atom stereocenters.